The Morgan fingerprint density at radius 3 is 0.938 bits per heavy atom. The minimum atomic E-state index is -0.376. The third-order valence-corrected chi connectivity index (χ3v) is 28.3. The van der Waals surface area contributed by atoms with E-state index in [9.17, 15) is 0 Å². The van der Waals surface area contributed by atoms with Gasteiger partial charge in [0.2, 0.25) is 6.71 Å². The van der Waals surface area contributed by atoms with E-state index in [0.29, 0.717) is 0 Å². The third-order valence-electron chi connectivity index (χ3n) is 28.3. The Kier molecular flexibility index (Phi) is 19.3. The van der Waals surface area contributed by atoms with Crippen LogP contribution in [0.2, 0.25) is 0 Å². The molecule has 0 radical (unpaired) electrons. The molecule has 5 nitrogen and oxygen atoms in total. The van der Waals surface area contributed by atoms with Crippen molar-refractivity contribution in [1.29, 1.82) is 0 Å². The van der Waals surface area contributed by atoms with Crippen LogP contribution in [0.1, 0.15) is 184 Å². The average Bonchev–Trinajstić information content (AvgIpc) is 0.877. The van der Waals surface area contributed by atoms with E-state index in [4.69, 9.17) is 0 Å². The van der Waals surface area contributed by atoms with Crippen LogP contribution in [0.3, 0.4) is 0 Å². The Hall–Kier alpha value is -13.4. The number of nitrogens with one attached hydrogen (secondary N) is 1. The van der Waals surface area contributed by atoms with Crippen molar-refractivity contribution >= 4 is 117 Å². The number of para-hydroxylation sites is 1. The van der Waals surface area contributed by atoms with Crippen molar-refractivity contribution in [3.63, 3.8) is 0 Å². The van der Waals surface area contributed by atoms with Gasteiger partial charge in [0.1, 0.15) is 0 Å². The lowest BCUT2D eigenvalue weighted by Gasteiger charge is -2.41. The van der Waals surface area contributed by atoms with Crippen molar-refractivity contribution in [2.45, 2.75) is 183 Å². The monoisotopic (exact) mass is 1690 g/mol. The smallest absolute Gasteiger partial charge is 0.249 e. The molecule has 0 saturated heterocycles. The van der Waals surface area contributed by atoms with Gasteiger partial charge in [0.05, 0.1) is 44.5 Å². The number of fused-ring (bicyclic) bond motifs is 6. The molecule has 10 bridgehead atoms. The van der Waals surface area contributed by atoms with E-state index in [-0.39, 0.29) is 44.6 Å². The highest BCUT2D eigenvalue weighted by molar-refractivity contribution is 6.99. The maximum Gasteiger partial charge on any atom is 0.249 e. The van der Waals surface area contributed by atoms with Gasteiger partial charge in [0.15, 0.2) is 0 Å². The fourth-order valence-electron chi connectivity index (χ4n) is 20.7. The zero-order chi connectivity index (χ0) is 90.5. The predicted octanol–water partition coefficient (Wildman–Crippen LogP) is 32.4. The van der Waals surface area contributed by atoms with Gasteiger partial charge in [-0.3, -0.25) is 0 Å². The van der Waals surface area contributed by atoms with Crippen LogP contribution in [-0.4, -0.2) is 20.4 Å². The summed E-state index contributed by atoms with van der Waals surface area (Å²) in [5.41, 5.74) is 40.5. The molecule has 130 heavy (non-hydrogen) atoms. The Balaban J connectivity index is 0.949. The summed E-state index contributed by atoms with van der Waals surface area (Å²) >= 11 is 0. The second kappa shape index (κ2) is 30.1. The van der Waals surface area contributed by atoms with Gasteiger partial charge < -0.3 is 23.9 Å². The van der Waals surface area contributed by atoms with Crippen LogP contribution in [-0.2, 0) is 37.9 Å². The van der Waals surface area contributed by atoms with Crippen molar-refractivity contribution in [3.05, 3.63) is 367 Å². The zero-order valence-corrected chi connectivity index (χ0v) is 79.5. The molecule has 19 aromatic rings. The van der Waals surface area contributed by atoms with E-state index < -0.39 is 0 Å². The highest BCUT2D eigenvalue weighted by Gasteiger charge is 2.42. The summed E-state index contributed by atoms with van der Waals surface area (Å²) in [5.74, 6) is 0. The summed E-state index contributed by atoms with van der Waals surface area (Å²) in [6, 6.07) is 129. The van der Waals surface area contributed by atoms with Crippen molar-refractivity contribution in [3.8, 4) is 83.8 Å². The predicted molar refractivity (Wildman–Crippen MR) is 562 cm³/mol. The van der Waals surface area contributed by atoms with Crippen molar-refractivity contribution in [1.82, 2.24) is 13.7 Å². The second-order valence-electron chi connectivity index (χ2n) is 44.4. The zero-order valence-electron chi connectivity index (χ0n) is 79.5. The maximum absolute atomic E-state index is 4.66. The van der Waals surface area contributed by atoms with Crippen LogP contribution in [0.25, 0.3) is 149 Å². The van der Waals surface area contributed by atoms with Crippen LogP contribution in [0, 0.1) is 0 Å². The third kappa shape index (κ3) is 14.3. The molecule has 6 heterocycles. The van der Waals surface area contributed by atoms with E-state index in [0.717, 1.165) is 140 Å². The summed E-state index contributed by atoms with van der Waals surface area (Å²) in [4.78, 5) is 2.75. The average molecular weight is 1690 g/mol. The van der Waals surface area contributed by atoms with Gasteiger partial charge in [0, 0.05) is 88.7 Å². The molecule has 642 valence electrons. The molecule has 0 saturated carbocycles. The molecule has 3 aromatic heterocycles. The van der Waals surface area contributed by atoms with Crippen LogP contribution in [0.15, 0.2) is 328 Å². The quantitative estimate of drug-likeness (QED) is 0.174. The molecule has 3 aliphatic heterocycles. The molecule has 6 heteroatoms. The lowest BCUT2D eigenvalue weighted by molar-refractivity contribution is 0.590. The Morgan fingerprint density at radius 2 is 0.508 bits per heavy atom. The molecule has 16 aromatic carbocycles. The number of benzene rings is 16. The number of rotatable bonds is 5. The molecular formula is C124H118BN5. The van der Waals surface area contributed by atoms with Gasteiger partial charge in [-0.2, -0.15) is 0 Å². The SMILES string of the molecule is CC(C)(C)c1cc(-c2ccccc2)c2c(c1)-c1cccc(c1)-c1ccc3c(c1)c1cc(ccc1n3-c1ccccc1)-c1cccc(c1)-c1cc(C(C)(C)C)cc(-c3ccccc3)c1N1c3cc(-n4c5ccc(C(C)(C)C)cc5c5cc(C(C)(C)C)ccc54)ccc3B(c3ccc(-n4c5ccc(C(C)(C)C)cc5c5cc(C(C)(C)C)ccc54)cc3N2)c2ccc(C(C)(C)C)cc21. The summed E-state index contributed by atoms with van der Waals surface area (Å²) < 4.78 is 7.61. The minimum Gasteiger partial charge on any atom is -0.355 e. The lowest BCUT2D eigenvalue weighted by Crippen LogP contribution is -2.58. The molecule has 0 amide bonds. The Labute approximate surface area is 769 Å². The van der Waals surface area contributed by atoms with Crippen molar-refractivity contribution in [2.24, 2.45) is 0 Å². The van der Waals surface area contributed by atoms with E-state index in [1.165, 1.54) is 93.2 Å². The second-order valence-corrected chi connectivity index (χ2v) is 44.4. The lowest BCUT2D eigenvalue weighted by atomic mass is 9.34. The molecule has 0 atom stereocenters. The van der Waals surface area contributed by atoms with Gasteiger partial charge in [-0.05, 0) is 289 Å². The molecule has 1 N–H and O–H groups in total. The first-order valence-corrected chi connectivity index (χ1v) is 46.9. The fraction of sp³-hybridized carbons (Fsp3) is 0.226. The van der Waals surface area contributed by atoms with Gasteiger partial charge in [0.25, 0.3) is 0 Å². The highest BCUT2D eigenvalue weighted by atomic mass is 15.2. The standard InChI is InChI=1S/C124H118BN5/c1-118(2,3)84-46-57-110-100(65-84)101-66-85(119(4,5)6)47-58-111(101)128(110)92-50-53-104-107(74-92)126-116-94(76-33-25-22-26-34-76)69-89(123(16,17)18)70-95(116)82-39-31-37-78(61-82)80-43-55-108-98(63-80)99-64-81(44-56-109(99)127(108)91-41-29-24-30-42-91)79-38-32-40-83(62-79)97-72-90(124(19,20)21)71-96(77-35-27-23-28-36-77)117(97)130-114-73-88(122(13,14)15)45-52-105(114)125(104)106-54-51-93(75-115(106)130)129-112-59-48-86(120(7,8)9)67-102(112)103-68-87(121(10,11)12)49-60-113(103)129/h22-75,126H,1-21H3. The van der Waals surface area contributed by atoms with Gasteiger partial charge in [-0.1, -0.05) is 321 Å². The number of nitrogens with zero attached hydrogens (tertiary/aromatic N) is 4. The summed E-state index contributed by atoms with van der Waals surface area (Å²) in [7, 11) is 0. The van der Waals surface area contributed by atoms with Gasteiger partial charge in [-0.25, -0.2) is 0 Å². The van der Waals surface area contributed by atoms with Crippen LogP contribution < -0.4 is 26.6 Å². The number of hydrogen-bond acceptors (Lipinski definition) is 2. The summed E-state index contributed by atoms with van der Waals surface area (Å²) in [5, 5.41) is 12.0. The van der Waals surface area contributed by atoms with Crippen LogP contribution in [0.4, 0.5) is 28.4 Å². The van der Waals surface area contributed by atoms with E-state index in [2.05, 4.69) is 497 Å². The Morgan fingerprint density at radius 1 is 0.208 bits per heavy atom. The summed E-state index contributed by atoms with van der Waals surface area (Å²) in [6.07, 6.45) is 0. The van der Waals surface area contributed by atoms with Gasteiger partial charge >= 0.3 is 0 Å². The van der Waals surface area contributed by atoms with Crippen LogP contribution >= 0.6 is 0 Å². The highest BCUT2D eigenvalue weighted by Crippen LogP contribution is 2.54. The molecule has 0 spiro atoms. The molecule has 0 aliphatic carbocycles. The first kappa shape index (κ1) is 83.5. The molecule has 22 rings (SSSR count). The van der Waals surface area contributed by atoms with E-state index in [1.807, 2.05) is 0 Å². The van der Waals surface area contributed by atoms with E-state index in [1.54, 1.807) is 0 Å². The van der Waals surface area contributed by atoms with Crippen LogP contribution in [0.5, 0.6) is 0 Å². The van der Waals surface area contributed by atoms with E-state index >= 15 is 0 Å². The molecule has 3 aliphatic rings. The minimum absolute atomic E-state index is 0.0904. The molecular weight excluding hydrogens is 1570 g/mol. The number of hydrogen-bond donors (Lipinski definition) is 1. The number of anilines is 5. The first-order chi connectivity index (χ1) is 61.8. The molecule has 0 fully saturated rings. The molecule has 0 unspecified atom stereocenters. The van der Waals surface area contributed by atoms with Gasteiger partial charge in [-0.15, -0.1) is 0 Å². The maximum atomic E-state index is 4.66. The van der Waals surface area contributed by atoms with Crippen molar-refractivity contribution < 1.29 is 0 Å². The normalized spacial score (nSPS) is 13.3. The Bertz CT molecular complexity index is 7670. The topological polar surface area (TPSA) is 30.1 Å². The summed E-state index contributed by atoms with van der Waals surface area (Å²) in [6.45, 7) is 49.1. The fourth-order valence-corrected chi connectivity index (χ4v) is 20.7. The van der Waals surface area contributed by atoms with Crippen molar-refractivity contribution in [2.75, 3.05) is 10.2 Å². The first-order valence-electron chi connectivity index (χ1n) is 46.9. The largest absolute Gasteiger partial charge is 0.355 e. The number of aromatic nitrogens is 3.